The third-order valence-electron chi connectivity index (χ3n) is 7.13. The van der Waals surface area contributed by atoms with Crippen LogP contribution in [0, 0.1) is 10.1 Å². The first-order chi connectivity index (χ1) is 18.2. The third kappa shape index (κ3) is 3.28. The SMILES string of the molecule is CC[C@@]1(OC(=O)c2ccc([N+](=O)[O-])cc2)C(=O)OCc2c1cc1n(c2=O)Cc2cc3c(N)cccc3nc2-1. The molecule has 0 unspecified atom stereocenters. The normalized spacial score (nSPS) is 17.3. The van der Waals surface area contributed by atoms with Crippen LogP contribution in [0.15, 0.2) is 59.4 Å². The fourth-order valence-corrected chi connectivity index (χ4v) is 5.12. The summed E-state index contributed by atoms with van der Waals surface area (Å²) in [6, 6.07) is 13.8. The molecule has 2 aromatic heterocycles. The second kappa shape index (κ2) is 8.23. The minimum Gasteiger partial charge on any atom is -0.457 e. The number of cyclic esters (lactones) is 1. The monoisotopic (exact) mass is 512 g/mol. The number of ether oxygens (including phenoxy) is 2. The van der Waals surface area contributed by atoms with Gasteiger partial charge in [-0.15, -0.1) is 0 Å². The molecule has 4 heterocycles. The second-order valence-electron chi connectivity index (χ2n) is 9.17. The minimum absolute atomic E-state index is 0.00497. The van der Waals surface area contributed by atoms with Crippen LogP contribution in [0.4, 0.5) is 11.4 Å². The molecular weight excluding hydrogens is 492 g/mol. The van der Waals surface area contributed by atoms with Crippen molar-refractivity contribution in [3.8, 4) is 11.4 Å². The highest BCUT2D eigenvalue weighted by Gasteiger charge is 2.50. The lowest BCUT2D eigenvalue weighted by Gasteiger charge is -2.35. The standard InChI is InChI=1S/C27H20N4O7/c1-2-27(38-25(33)14-6-8-16(9-7-14)31(35)36)19-11-22-23-15(10-17-20(28)4-3-5-21(17)29-23)12-30(22)24(32)18(19)13-37-26(27)34/h3-11H,2,12-13,28H2,1H3/t27-/m0/s1. The number of hydrogen-bond acceptors (Lipinski definition) is 9. The van der Waals surface area contributed by atoms with Gasteiger partial charge in [-0.05, 0) is 42.8 Å². The smallest absolute Gasteiger partial charge is 0.355 e. The largest absolute Gasteiger partial charge is 0.457 e. The van der Waals surface area contributed by atoms with Gasteiger partial charge in [0, 0.05) is 34.3 Å². The number of nitrogens with zero attached hydrogens (tertiary/aromatic N) is 3. The number of pyridine rings is 2. The van der Waals surface area contributed by atoms with Crippen molar-refractivity contribution in [3.05, 3.63) is 97.3 Å². The number of nitrogens with two attached hydrogens (primary N) is 1. The van der Waals surface area contributed by atoms with E-state index in [1.807, 2.05) is 12.1 Å². The Balaban J connectivity index is 1.48. The Labute approximate surface area is 214 Å². The summed E-state index contributed by atoms with van der Waals surface area (Å²) >= 11 is 0. The summed E-state index contributed by atoms with van der Waals surface area (Å²) in [5.74, 6) is -1.68. The van der Waals surface area contributed by atoms with Gasteiger partial charge < -0.3 is 19.8 Å². The van der Waals surface area contributed by atoms with Gasteiger partial charge in [0.25, 0.3) is 11.2 Å². The van der Waals surface area contributed by atoms with E-state index in [1.165, 1.54) is 24.3 Å². The number of anilines is 1. The predicted molar refractivity (Wildman–Crippen MR) is 135 cm³/mol. The van der Waals surface area contributed by atoms with Crippen molar-refractivity contribution in [1.29, 1.82) is 0 Å². The molecule has 4 aromatic rings. The Morgan fingerprint density at radius 1 is 1.21 bits per heavy atom. The Morgan fingerprint density at radius 2 is 1.97 bits per heavy atom. The first-order valence-corrected chi connectivity index (χ1v) is 11.8. The van der Waals surface area contributed by atoms with Gasteiger partial charge in [-0.3, -0.25) is 14.9 Å². The van der Waals surface area contributed by atoms with Gasteiger partial charge >= 0.3 is 11.9 Å². The molecule has 0 aliphatic carbocycles. The van der Waals surface area contributed by atoms with Crippen molar-refractivity contribution in [3.63, 3.8) is 0 Å². The van der Waals surface area contributed by atoms with E-state index >= 15 is 0 Å². The van der Waals surface area contributed by atoms with E-state index in [1.54, 1.807) is 29.7 Å². The van der Waals surface area contributed by atoms with Gasteiger partial charge in [-0.1, -0.05) is 13.0 Å². The summed E-state index contributed by atoms with van der Waals surface area (Å²) in [6.07, 6.45) is -0.00497. The molecule has 190 valence electrons. The molecule has 11 nitrogen and oxygen atoms in total. The molecule has 2 aliphatic heterocycles. The van der Waals surface area contributed by atoms with Crippen LogP contribution in [0.5, 0.6) is 0 Å². The zero-order valence-electron chi connectivity index (χ0n) is 20.1. The molecule has 0 saturated carbocycles. The van der Waals surface area contributed by atoms with Gasteiger partial charge in [-0.2, -0.15) is 0 Å². The van der Waals surface area contributed by atoms with Crippen molar-refractivity contribution < 1.29 is 24.0 Å². The number of carbonyl (C=O) groups excluding carboxylic acids is 2. The van der Waals surface area contributed by atoms with Crippen molar-refractivity contribution in [2.75, 3.05) is 5.73 Å². The van der Waals surface area contributed by atoms with Gasteiger partial charge in [0.1, 0.15) is 6.61 Å². The molecule has 6 rings (SSSR count). The highest BCUT2D eigenvalue weighted by atomic mass is 16.6. The summed E-state index contributed by atoms with van der Waals surface area (Å²) in [7, 11) is 0. The average Bonchev–Trinajstić information content (AvgIpc) is 3.27. The molecule has 0 fully saturated rings. The maximum absolute atomic E-state index is 13.6. The Morgan fingerprint density at radius 3 is 2.68 bits per heavy atom. The molecular formula is C27H20N4O7. The fraction of sp³-hybridized carbons (Fsp3) is 0.185. The number of rotatable bonds is 4. The molecule has 2 aliphatic rings. The Kier molecular flexibility index (Phi) is 5.06. The molecule has 0 bridgehead atoms. The minimum atomic E-state index is -1.88. The lowest BCUT2D eigenvalue weighted by molar-refractivity contribution is -0.384. The number of non-ortho nitro benzene ring substituents is 1. The fourth-order valence-electron chi connectivity index (χ4n) is 5.12. The maximum Gasteiger partial charge on any atom is 0.355 e. The molecule has 0 spiro atoms. The zero-order chi connectivity index (χ0) is 26.8. The number of fused-ring (bicyclic) bond motifs is 5. The molecule has 38 heavy (non-hydrogen) atoms. The van der Waals surface area contributed by atoms with Crippen LogP contribution in [-0.2, 0) is 33.0 Å². The van der Waals surface area contributed by atoms with Gasteiger partial charge in [-0.25, -0.2) is 14.6 Å². The van der Waals surface area contributed by atoms with E-state index in [2.05, 4.69) is 0 Å². The summed E-state index contributed by atoms with van der Waals surface area (Å²) in [5, 5.41) is 11.7. The predicted octanol–water partition coefficient (Wildman–Crippen LogP) is 3.43. The Hall–Kier alpha value is -5.06. The van der Waals surface area contributed by atoms with Crippen LogP contribution in [0.3, 0.4) is 0 Å². The summed E-state index contributed by atoms with van der Waals surface area (Å²) in [6.45, 7) is 1.65. The number of hydrogen-bond donors (Lipinski definition) is 1. The van der Waals surface area contributed by atoms with E-state index in [-0.39, 0.29) is 47.5 Å². The van der Waals surface area contributed by atoms with Crippen LogP contribution in [0.25, 0.3) is 22.3 Å². The van der Waals surface area contributed by atoms with E-state index in [0.29, 0.717) is 22.6 Å². The number of carbonyl (C=O) groups is 2. The number of esters is 2. The number of nitro groups is 1. The molecule has 0 amide bonds. The molecule has 0 saturated heterocycles. The summed E-state index contributed by atoms with van der Waals surface area (Å²) < 4.78 is 12.7. The highest BCUT2D eigenvalue weighted by Crippen LogP contribution is 2.41. The quantitative estimate of drug-likeness (QED) is 0.165. The second-order valence-corrected chi connectivity index (χ2v) is 9.17. The van der Waals surface area contributed by atoms with E-state index in [9.17, 15) is 24.5 Å². The number of nitro benzene ring substituents is 1. The first-order valence-electron chi connectivity index (χ1n) is 11.8. The first kappa shape index (κ1) is 23.3. The topological polar surface area (TPSA) is 157 Å². The third-order valence-corrected chi connectivity index (χ3v) is 7.13. The molecule has 1 atom stereocenters. The Bertz CT molecular complexity index is 1760. The highest BCUT2D eigenvalue weighted by molar-refractivity contribution is 5.95. The van der Waals surface area contributed by atoms with Crippen molar-refractivity contribution in [1.82, 2.24) is 9.55 Å². The molecule has 2 N–H and O–H groups in total. The number of benzene rings is 2. The van der Waals surface area contributed by atoms with Gasteiger partial charge in [0.15, 0.2) is 0 Å². The maximum atomic E-state index is 13.6. The van der Waals surface area contributed by atoms with Crippen molar-refractivity contribution in [2.45, 2.75) is 32.1 Å². The van der Waals surface area contributed by atoms with Crippen LogP contribution >= 0.6 is 0 Å². The number of aromatic nitrogens is 2. The van der Waals surface area contributed by atoms with Crippen molar-refractivity contribution in [2.24, 2.45) is 0 Å². The molecule has 2 aromatic carbocycles. The van der Waals surface area contributed by atoms with Crippen LogP contribution in [-0.4, -0.2) is 26.4 Å². The summed E-state index contributed by atoms with van der Waals surface area (Å²) in [5.41, 5.74) is 7.24. The number of nitrogen functional groups attached to an aromatic ring is 1. The van der Waals surface area contributed by atoms with E-state index < -0.39 is 22.5 Å². The van der Waals surface area contributed by atoms with Crippen molar-refractivity contribution >= 4 is 34.2 Å². The van der Waals surface area contributed by atoms with Crippen LogP contribution in [0.2, 0.25) is 0 Å². The summed E-state index contributed by atoms with van der Waals surface area (Å²) in [4.78, 5) is 55.0. The van der Waals surface area contributed by atoms with Crippen LogP contribution < -0.4 is 11.3 Å². The van der Waals surface area contributed by atoms with Gasteiger partial charge in [0.05, 0.1) is 39.5 Å². The van der Waals surface area contributed by atoms with Crippen LogP contribution in [0.1, 0.15) is 40.4 Å². The molecule has 11 heteroatoms. The lowest BCUT2D eigenvalue weighted by atomic mass is 9.85. The molecule has 0 radical (unpaired) electrons. The lowest BCUT2D eigenvalue weighted by Crippen LogP contribution is -2.47. The zero-order valence-corrected chi connectivity index (χ0v) is 20.1. The van der Waals surface area contributed by atoms with E-state index in [0.717, 1.165) is 10.9 Å². The van der Waals surface area contributed by atoms with E-state index in [4.69, 9.17) is 20.2 Å². The average molecular weight is 512 g/mol. The van der Waals surface area contributed by atoms with Gasteiger partial charge in [0.2, 0.25) is 5.60 Å².